The molecule has 3 aromatic carbocycles. The van der Waals surface area contributed by atoms with Crippen LogP contribution in [-0.4, -0.2) is 37.6 Å². The minimum Gasteiger partial charge on any atom is -0.497 e. The lowest BCUT2D eigenvalue weighted by Gasteiger charge is -2.28. The molecule has 1 saturated heterocycles. The molecule has 4 rings (SSSR count). The number of rotatable bonds is 7. The second-order valence-corrected chi connectivity index (χ2v) is 7.33. The van der Waals surface area contributed by atoms with Gasteiger partial charge in [0.2, 0.25) is 0 Å². The molecular formula is C25H24N2O4. The maximum atomic E-state index is 13.7. The van der Waals surface area contributed by atoms with Crippen molar-refractivity contribution in [1.29, 1.82) is 0 Å². The topological polar surface area (TPSA) is 67.9 Å². The number of hydrogen-bond donors (Lipinski definition) is 1. The Hall–Kier alpha value is -3.80. The highest BCUT2D eigenvalue weighted by Gasteiger charge is 2.53. The molecule has 0 radical (unpaired) electrons. The zero-order valence-electron chi connectivity index (χ0n) is 17.5. The van der Waals surface area contributed by atoms with E-state index in [1.807, 2.05) is 54.6 Å². The van der Waals surface area contributed by atoms with Crippen molar-refractivity contribution in [1.82, 2.24) is 10.2 Å². The highest BCUT2D eigenvalue weighted by atomic mass is 16.5. The van der Waals surface area contributed by atoms with E-state index in [-0.39, 0.29) is 5.91 Å². The minimum atomic E-state index is -1.31. The molecule has 6 heteroatoms. The third kappa shape index (κ3) is 3.72. The Kier molecular flexibility index (Phi) is 5.62. The Balaban J connectivity index is 1.72. The molecule has 31 heavy (non-hydrogen) atoms. The van der Waals surface area contributed by atoms with Gasteiger partial charge in [-0.3, -0.25) is 9.69 Å². The van der Waals surface area contributed by atoms with Crippen molar-refractivity contribution in [3.63, 3.8) is 0 Å². The fourth-order valence-electron chi connectivity index (χ4n) is 3.90. The third-order valence-electron chi connectivity index (χ3n) is 5.62. The SMILES string of the molecule is COc1ccc(C2(c3ccc(OC)cc3)NC(=O)N(CCc3ccccc3)C2=O)cc1. The van der Waals surface area contributed by atoms with Gasteiger partial charge in [-0.25, -0.2) is 4.79 Å². The van der Waals surface area contributed by atoms with Crippen LogP contribution in [0.25, 0.3) is 0 Å². The van der Waals surface area contributed by atoms with Crippen LogP contribution < -0.4 is 14.8 Å². The van der Waals surface area contributed by atoms with Crippen molar-refractivity contribution >= 4 is 11.9 Å². The number of carbonyl (C=O) groups is 2. The summed E-state index contributed by atoms with van der Waals surface area (Å²) in [5.41, 5.74) is 1.08. The van der Waals surface area contributed by atoms with E-state index in [9.17, 15) is 9.59 Å². The predicted molar refractivity (Wildman–Crippen MR) is 117 cm³/mol. The zero-order valence-corrected chi connectivity index (χ0v) is 17.5. The number of amides is 3. The van der Waals surface area contributed by atoms with E-state index in [2.05, 4.69) is 5.32 Å². The summed E-state index contributed by atoms with van der Waals surface area (Å²) in [6.45, 7) is 0.294. The monoisotopic (exact) mass is 416 g/mol. The first-order valence-electron chi connectivity index (χ1n) is 10.1. The zero-order chi connectivity index (χ0) is 21.8. The molecule has 0 saturated carbocycles. The quantitative estimate of drug-likeness (QED) is 0.596. The number of urea groups is 1. The lowest BCUT2D eigenvalue weighted by molar-refractivity contribution is -0.130. The summed E-state index contributed by atoms with van der Waals surface area (Å²) in [4.78, 5) is 28.0. The molecule has 0 bridgehead atoms. The van der Waals surface area contributed by atoms with Gasteiger partial charge < -0.3 is 14.8 Å². The van der Waals surface area contributed by atoms with E-state index in [1.54, 1.807) is 38.5 Å². The Morgan fingerprint density at radius 3 is 1.77 bits per heavy atom. The van der Waals surface area contributed by atoms with E-state index in [4.69, 9.17) is 9.47 Å². The van der Waals surface area contributed by atoms with Crippen molar-refractivity contribution in [3.8, 4) is 11.5 Å². The summed E-state index contributed by atoms with van der Waals surface area (Å²) in [7, 11) is 3.17. The minimum absolute atomic E-state index is 0.294. The summed E-state index contributed by atoms with van der Waals surface area (Å²) in [5.74, 6) is 1.04. The molecule has 0 aromatic heterocycles. The van der Waals surface area contributed by atoms with Crippen LogP contribution in [0.4, 0.5) is 4.79 Å². The van der Waals surface area contributed by atoms with Gasteiger partial charge in [-0.1, -0.05) is 54.6 Å². The fourth-order valence-corrected chi connectivity index (χ4v) is 3.90. The molecule has 1 aliphatic rings. The van der Waals surface area contributed by atoms with Gasteiger partial charge in [-0.2, -0.15) is 0 Å². The largest absolute Gasteiger partial charge is 0.497 e. The molecule has 0 aliphatic carbocycles. The van der Waals surface area contributed by atoms with Gasteiger partial charge in [-0.05, 0) is 47.4 Å². The van der Waals surface area contributed by atoms with Gasteiger partial charge in [0.15, 0.2) is 5.54 Å². The average Bonchev–Trinajstić information content (AvgIpc) is 3.08. The number of imide groups is 1. The molecule has 1 heterocycles. The number of nitrogens with zero attached hydrogens (tertiary/aromatic N) is 1. The van der Waals surface area contributed by atoms with Gasteiger partial charge >= 0.3 is 6.03 Å². The molecule has 6 nitrogen and oxygen atoms in total. The van der Waals surface area contributed by atoms with Gasteiger partial charge in [0.1, 0.15) is 11.5 Å². The molecule has 3 aromatic rings. The lowest BCUT2D eigenvalue weighted by Crippen LogP contribution is -2.45. The van der Waals surface area contributed by atoms with Crippen LogP contribution >= 0.6 is 0 Å². The number of nitrogens with one attached hydrogen (secondary N) is 1. The van der Waals surface area contributed by atoms with Crippen LogP contribution in [0, 0.1) is 0 Å². The molecule has 1 aliphatic heterocycles. The Morgan fingerprint density at radius 2 is 1.29 bits per heavy atom. The summed E-state index contributed by atoms with van der Waals surface area (Å²) in [5, 5.41) is 2.97. The van der Waals surface area contributed by atoms with Crippen LogP contribution in [0.3, 0.4) is 0 Å². The molecule has 0 unspecified atom stereocenters. The number of ether oxygens (including phenoxy) is 2. The van der Waals surface area contributed by atoms with E-state index in [0.717, 1.165) is 5.56 Å². The van der Waals surface area contributed by atoms with E-state index >= 15 is 0 Å². The average molecular weight is 416 g/mol. The normalized spacial score (nSPS) is 15.0. The maximum Gasteiger partial charge on any atom is 0.325 e. The predicted octanol–water partition coefficient (Wildman–Crippen LogP) is 3.74. The van der Waals surface area contributed by atoms with E-state index in [0.29, 0.717) is 35.6 Å². The first-order valence-corrected chi connectivity index (χ1v) is 10.1. The van der Waals surface area contributed by atoms with Crippen LogP contribution in [-0.2, 0) is 16.8 Å². The second-order valence-electron chi connectivity index (χ2n) is 7.33. The molecule has 1 fully saturated rings. The van der Waals surface area contributed by atoms with Crippen molar-refractivity contribution in [2.45, 2.75) is 12.0 Å². The van der Waals surface area contributed by atoms with Crippen LogP contribution in [0.5, 0.6) is 11.5 Å². The van der Waals surface area contributed by atoms with Gasteiger partial charge in [0.05, 0.1) is 14.2 Å². The molecule has 1 N–H and O–H groups in total. The lowest BCUT2D eigenvalue weighted by atomic mass is 9.82. The highest BCUT2D eigenvalue weighted by Crippen LogP contribution is 2.37. The summed E-state index contributed by atoms with van der Waals surface area (Å²) >= 11 is 0. The van der Waals surface area contributed by atoms with Gasteiger partial charge in [-0.15, -0.1) is 0 Å². The Bertz CT molecular complexity index is 1020. The van der Waals surface area contributed by atoms with Crippen LogP contribution in [0.2, 0.25) is 0 Å². The molecular weight excluding hydrogens is 392 g/mol. The first-order chi connectivity index (χ1) is 15.1. The van der Waals surface area contributed by atoms with Crippen molar-refractivity contribution < 1.29 is 19.1 Å². The van der Waals surface area contributed by atoms with Crippen molar-refractivity contribution in [2.75, 3.05) is 20.8 Å². The number of hydrogen-bond acceptors (Lipinski definition) is 4. The Morgan fingerprint density at radius 1 is 0.774 bits per heavy atom. The molecule has 0 atom stereocenters. The Labute approximate surface area is 181 Å². The van der Waals surface area contributed by atoms with Gasteiger partial charge in [0, 0.05) is 6.54 Å². The summed E-state index contributed by atoms with van der Waals surface area (Å²) in [6.07, 6.45) is 0.585. The van der Waals surface area contributed by atoms with Crippen LogP contribution in [0.15, 0.2) is 78.9 Å². The molecule has 3 amide bonds. The first kappa shape index (κ1) is 20.5. The van der Waals surface area contributed by atoms with Gasteiger partial charge in [0.25, 0.3) is 5.91 Å². The third-order valence-corrected chi connectivity index (χ3v) is 5.62. The highest BCUT2D eigenvalue weighted by molar-refractivity contribution is 6.09. The number of methoxy groups -OCH3 is 2. The number of benzene rings is 3. The maximum absolute atomic E-state index is 13.7. The van der Waals surface area contributed by atoms with Crippen LogP contribution in [0.1, 0.15) is 16.7 Å². The second kappa shape index (κ2) is 8.52. The summed E-state index contributed by atoms with van der Waals surface area (Å²) in [6, 6.07) is 23.8. The van der Waals surface area contributed by atoms with E-state index < -0.39 is 11.6 Å². The van der Waals surface area contributed by atoms with Crippen molar-refractivity contribution in [3.05, 3.63) is 95.6 Å². The molecule has 0 spiro atoms. The van der Waals surface area contributed by atoms with Crippen molar-refractivity contribution in [2.24, 2.45) is 0 Å². The molecule has 158 valence electrons. The van der Waals surface area contributed by atoms with E-state index in [1.165, 1.54) is 4.90 Å². The summed E-state index contributed by atoms with van der Waals surface area (Å²) < 4.78 is 10.5. The fraction of sp³-hybridized carbons (Fsp3) is 0.200. The standard InChI is InChI=1S/C25H24N2O4/c1-30-21-12-8-19(9-13-21)25(20-10-14-22(31-2)15-11-20)23(28)27(24(29)26-25)17-16-18-6-4-3-5-7-18/h3-15H,16-17H2,1-2H3,(H,26,29). The number of carbonyl (C=O) groups excluding carboxylic acids is 2. The smallest absolute Gasteiger partial charge is 0.325 e.